The Hall–Kier alpha value is -0.380. The van der Waals surface area contributed by atoms with E-state index in [-0.39, 0.29) is 0 Å². The van der Waals surface area contributed by atoms with Crippen molar-refractivity contribution in [3.8, 4) is 0 Å². The lowest BCUT2D eigenvalue weighted by molar-refractivity contribution is 0.0291. The summed E-state index contributed by atoms with van der Waals surface area (Å²) < 4.78 is 6.83. The molecule has 0 spiro atoms. The van der Waals surface area contributed by atoms with Crippen LogP contribution in [0.25, 0.3) is 0 Å². The molecule has 1 heterocycles. The van der Waals surface area contributed by atoms with Crippen molar-refractivity contribution in [2.24, 2.45) is 0 Å². The Balaban J connectivity index is 1.99. The van der Waals surface area contributed by atoms with Crippen LogP contribution in [0.1, 0.15) is 5.56 Å². The quantitative estimate of drug-likeness (QED) is 0.873. The summed E-state index contributed by atoms with van der Waals surface area (Å²) >= 11 is 3.55. The molecular formula is C11H14BrNO. The van der Waals surface area contributed by atoms with E-state index in [1.54, 1.807) is 0 Å². The molecule has 2 rings (SSSR count). The summed E-state index contributed by atoms with van der Waals surface area (Å²) in [5.41, 5.74) is 1.32. The maximum Gasteiger partial charge on any atom is 0.0740 e. The van der Waals surface area contributed by atoms with E-state index in [0.29, 0.717) is 6.10 Å². The third-order valence-corrected chi connectivity index (χ3v) is 3.18. The van der Waals surface area contributed by atoms with Gasteiger partial charge >= 0.3 is 0 Å². The van der Waals surface area contributed by atoms with Gasteiger partial charge in [-0.1, -0.05) is 34.1 Å². The molecule has 0 radical (unpaired) electrons. The maximum absolute atomic E-state index is 5.65. The second kappa shape index (κ2) is 4.91. The molecule has 1 fully saturated rings. The fourth-order valence-electron chi connectivity index (χ4n) is 1.66. The lowest BCUT2D eigenvalue weighted by Crippen LogP contribution is -2.39. The Labute approximate surface area is 92.8 Å². The first-order valence-corrected chi connectivity index (χ1v) is 5.71. The van der Waals surface area contributed by atoms with Crippen LogP contribution in [0, 0.1) is 0 Å². The van der Waals surface area contributed by atoms with Crippen molar-refractivity contribution in [3.05, 3.63) is 34.3 Å². The molecule has 0 unspecified atom stereocenters. The van der Waals surface area contributed by atoms with Crippen LogP contribution in [0.2, 0.25) is 0 Å². The number of ether oxygens (including phenoxy) is 1. The average molecular weight is 256 g/mol. The first-order valence-electron chi connectivity index (χ1n) is 4.92. The Kier molecular flexibility index (Phi) is 3.56. The minimum atomic E-state index is 0.322. The SMILES string of the molecule is Brc1ccccc1C[C@@H]1CNCCO1. The van der Waals surface area contributed by atoms with Crippen molar-refractivity contribution >= 4 is 15.9 Å². The average Bonchev–Trinajstić information content (AvgIpc) is 2.23. The molecule has 1 saturated heterocycles. The van der Waals surface area contributed by atoms with Gasteiger partial charge in [0.05, 0.1) is 12.7 Å². The first-order chi connectivity index (χ1) is 6.86. The van der Waals surface area contributed by atoms with Crippen LogP contribution in [-0.4, -0.2) is 25.8 Å². The summed E-state index contributed by atoms with van der Waals surface area (Å²) in [5.74, 6) is 0. The number of halogens is 1. The van der Waals surface area contributed by atoms with Gasteiger partial charge in [-0.25, -0.2) is 0 Å². The lowest BCUT2D eigenvalue weighted by atomic mass is 10.1. The topological polar surface area (TPSA) is 21.3 Å². The molecule has 0 aliphatic carbocycles. The van der Waals surface area contributed by atoms with Crippen molar-refractivity contribution in [1.82, 2.24) is 5.32 Å². The van der Waals surface area contributed by atoms with Crippen molar-refractivity contribution in [1.29, 1.82) is 0 Å². The number of nitrogens with one attached hydrogen (secondary N) is 1. The standard InChI is InChI=1S/C11H14BrNO/c12-11-4-2-1-3-9(11)7-10-8-13-5-6-14-10/h1-4,10,13H,5-8H2/t10-/m1/s1. The molecule has 1 aliphatic rings. The smallest absolute Gasteiger partial charge is 0.0740 e. The van der Waals surface area contributed by atoms with Crippen LogP contribution in [-0.2, 0) is 11.2 Å². The summed E-state index contributed by atoms with van der Waals surface area (Å²) in [5, 5.41) is 3.33. The second-order valence-corrected chi connectivity index (χ2v) is 4.35. The van der Waals surface area contributed by atoms with E-state index in [0.717, 1.165) is 26.1 Å². The monoisotopic (exact) mass is 255 g/mol. The number of morpholine rings is 1. The Morgan fingerprint density at radius 2 is 2.29 bits per heavy atom. The van der Waals surface area contributed by atoms with Gasteiger partial charge in [0, 0.05) is 24.0 Å². The Morgan fingerprint density at radius 1 is 1.43 bits per heavy atom. The molecule has 0 amide bonds. The predicted octanol–water partition coefficient (Wildman–Crippen LogP) is 1.98. The highest BCUT2D eigenvalue weighted by molar-refractivity contribution is 9.10. The summed E-state index contributed by atoms with van der Waals surface area (Å²) in [4.78, 5) is 0. The minimum Gasteiger partial charge on any atom is -0.375 e. The van der Waals surface area contributed by atoms with Gasteiger partial charge in [-0.2, -0.15) is 0 Å². The van der Waals surface area contributed by atoms with Gasteiger partial charge in [0.1, 0.15) is 0 Å². The molecular weight excluding hydrogens is 242 g/mol. The summed E-state index contributed by atoms with van der Waals surface area (Å²) in [6.45, 7) is 2.77. The van der Waals surface area contributed by atoms with Gasteiger partial charge in [-0.3, -0.25) is 0 Å². The van der Waals surface area contributed by atoms with E-state index in [9.17, 15) is 0 Å². The van der Waals surface area contributed by atoms with Gasteiger partial charge in [-0.15, -0.1) is 0 Å². The summed E-state index contributed by atoms with van der Waals surface area (Å²) in [6, 6.07) is 8.32. The van der Waals surface area contributed by atoms with Crippen LogP contribution < -0.4 is 5.32 Å². The number of hydrogen-bond donors (Lipinski definition) is 1. The van der Waals surface area contributed by atoms with E-state index in [1.807, 2.05) is 6.07 Å². The molecule has 1 aliphatic heterocycles. The highest BCUT2D eigenvalue weighted by Gasteiger charge is 2.14. The van der Waals surface area contributed by atoms with Crippen molar-refractivity contribution in [2.75, 3.05) is 19.7 Å². The molecule has 3 heteroatoms. The van der Waals surface area contributed by atoms with Crippen molar-refractivity contribution < 1.29 is 4.74 Å². The molecule has 14 heavy (non-hydrogen) atoms. The molecule has 76 valence electrons. The van der Waals surface area contributed by atoms with Crippen LogP contribution in [0.5, 0.6) is 0 Å². The van der Waals surface area contributed by atoms with E-state index in [1.165, 1.54) is 10.0 Å². The van der Waals surface area contributed by atoms with Gasteiger partial charge in [0.15, 0.2) is 0 Å². The fourth-order valence-corrected chi connectivity index (χ4v) is 2.11. The summed E-state index contributed by atoms with van der Waals surface area (Å²) in [6.07, 6.45) is 1.30. The Morgan fingerprint density at radius 3 is 3.00 bits per heavy atom. The number of hydrogen-bond acceptors (Lipinski definition) is 2. The normalized spacial score (nSPS) is 22.2. The van der Waals surface area contributed by atoms with Gasteiger partial charge < -0.3 is 10.1 Å². The first kappa shape index (κ1) is 10.1. The van der Waals surface area contributed by atoms with E-state index in [4.69, 9.17) is 4.74 Å². The zero-order chi connectivity index (χ0) is 9.80. The summed E-state index contributed by atoms with van der Waals surface area (Å²) in [7, 11) is 0. The molecule has 1 atom stereocenters. The highest BCUT2D eigenvalue weighted by Crippen LogP contribution is 2.18. The van der Waals surface area contributed by atoms with Gasteiger partial charge in [0.25, 0.3) is 0 Å². The van der Waals surface area contributed by atoms with Crippen molar-refractivity contribution in [3.63, 3.8) is 0 Å². The molecule has 2 nitrogen and oxygen atoms in total. The minimum absolute atomic E-state index is 0.322. The predicted molar refractivity (Wildman–Crippen MR) is 60.5 cm³/mol. The molecule has 0 saturated carbocycles. The van der Waals surface area contributed by atoms with Crippen LogP contribution in [0.4, 0.5) is 0 Å². The largest absolute Gasteiger partial charge is 0.375 e. The second-order valence-electron chi connectivity index (χ2n) is 3.49. The van der Waals surface area contributed by atoms with Crippen LogP contribution in [0.3, 0.4) is 0 Å². The van der Waals surface area contributed by atoms with E-state index < -0.39 is 0 Å². The number of rotatable bonds is 2. The molecule has 0 bridgehead atoms. The molecule has 1 aromatic carbocycles. The molecule has 1 aromatic rings. The third kappa shape index (κ3) is 2.56. The fraction of sp³-hybridized carbons (Fsp3) is 0.455. The number of benzene rings is 1. The van der Waals surface area contributed by atoms with Gasteiger partial charge in [-0.05, 0) is 11.6 Å². The van der Waals surface area contributed by atoms with Gasteiger partial charge in [0.2, 0.25) is 0 Å². The Bertz CT molecular complexity index is 297. The van der Waals surface area contributed by atoms with Crippen LogP contribution >= 0.6 is 15.9 Å². The van der Waals surface area contributed by atoms with Crippen LogP contribution in [0.15, 0.2) is 28.7 Å². The third-order valence-electron chi connectivity index (χ3n) is 2.41. The van der Waals surface area contributed by atoms with E-state index >= 15 is 0 Å². The zero-order valence-electron chi connectivity index (χ0n) is 8.00. The molecule has 0 aromatic heterocycles. The highest BCUT2D eigenvalue weighted by atomic mass is 79.9. The zero-order valence-corrected chi connectivity index (χ0v) is 9.59. The van der Waals surface area contributed by atoms with Crippen molar-refractivity contribution in [2.45, 2.75) is 12.5 Å². The van der Waals surface area contributed by atoms with E-state index in [2.05, 4.69) is 39.4 Å². The lowest BCUT2D eigenvalue weighted by Gasteiger charge is -2.23. The maximum atomic E-state index is 5.65. The molecule has 1 N–H and O–H groups in total.